The summed E-state index contributed by atoms with van der Waals surface area (Å²) in [6.45, 7) is 2.37. The average Bonchev–Trinajstić information content (AvgIpc) is 2.43. The summed E-state index contributed by atoms with van der Waals surface area (Å²) in [7, 11) is -3.79. The van der Waals surface area contributed by atoms with Gasteiger partial charge in [0.2, 0.25) is 10.0 Å². The molecule has 0 spiro atoms. The lowest BCUT2D eigenvalue weighted by atomic mass is 10.1. The normalized spacial score (nSPS) is 12.5. The monoisotopic (exact) mass is 368 g/mol. The van der Waals surface area contributed by atoms with E-state index in [1.165, 1.54) is 12.1 Å². The van der Waals surface area contributed by atoms with E-state index in [4.69, 9.17) is 17.3 Å². The zero-order valence-corrected chi connectivity index (χ0v) is 14.8. The number of benzene rings is 1. The summed E-state index contributed by atoms with van der Waals surface area (Å²) in [4.78, 5) is 11.9. The van der Waals surface area contributed by atoms with Crippen LogP contribution < -0.4 is 10.5 Å². The van der Waals surface area contributed by atoms with Crippen LogP contribution in [0.15, 0.2) is 29.2 Å². The van der Waals surface area contributed by atoms with Gasteiger partial charge in [-0.1, -0.05) is 30.2 Å². The molecule has 1 rings (SSSR count). The summed E-state index contributed by atoms with van der Waals surface area (Å²) in [6, 6.07) is 6.42. The first kappa shape index (κ1) is 21.3. The van der Waals surface area contributed by atoms with Crippen molar-refractivity contribution < 1.29 is 13.2 Å². The summed E-state index contributed by atoms with van der Waals surface area (Å²) in [5.41, 5.74) is 4.94. The molecule has 0 heterocycles. The molecule has 0 aliphatic rings. The number of unbranched alkanes of at least 4 members (excludes halogenated alkanes) is 2. The summed E-state index contributed by atoms with van der Waals surface area (Å²) < 4.78 is 26.4. The van der Waals surface area contributed by atoms with E-state index in [2.05, 4.69) is 4.72 Å². The number of halogens is 2. The largest absolute Gasteiger partial charge is 0.330 e. The molecular weight excluding hydrogens is 347 g/mol. The minimum atomic E-state index is -3.79. The maximum absolute atomic E-state index is 12.1. The number of nitrogens with one attached hydrogen (secondary N) is 1. The molecule has 0 aliphatic heterocycles. The minimum Gasteiger partial charge on any atom is -0.330 e. The summed E-state index contributed by atoms with van der Waals surface area (Å²) >= 11 is 5.85. The van der Waals surface area contributed by atoms with Gasteiger partial charge in [0.25, 0.3) is 0 Å². The summed E-state index contributed by atoms with van der Waals surface area (Å²) in [5, 5.41) is 0. The molecule has 0 radical (unpaired) electrons. The molecule has 5 nitrogen and oxygen atoms in total. The van der Waals surface area contributed by atoms with Gasteiger partial charge in [-0.15, -0.1) is 12.4 Å². The van der Waals surface area contributed by atoms with Crippen molar-refractivity contribution in [1.29, 1.82) is 0 Å². The Morgan fingerprint density at radius 2 is 2.00 bits per heavy atom. The van der Waals surface area contributed by atoms with E-state index in [9.17, 15) is 13.2 Å². The quantitative estimate of drug-likeness (QED) is 0.397. The van der Waals surface area contributed by atoms with Gasteiger partial charge in [-0.25, -0.2) is 8.42 Å². The maximum Gasteiger partial charge on any atom is 0.242 e. The van der Waals surface area contributed by atoms with Crippen LogP contribution in [0.25, 0.3) is 0 Å². The average molecular weight is 369 g/mol. The number of hydrogen-bond donors (Lipinski definition) is 2. The van der Waals surface area contributed by atoms with E-state index in [-0.39, 0.29) is 29.5 Å². The molecule has 0 saturated heterocycles. The number of carbonyl (C=O) groups is 1. The van der Waals surface area contributed by atoms with Crippen LogP contribution in [0, 0.1) is 6.92 Å². The van der Waals surface area contributed by atoms with Crippen LogP contribution in [0.1, 0.15) is 31.2 Å². The molecule has 1 unspecified atom stereocenters. The third-order valence-corrected chi connectivity index (χ3v) is 4.87. The Balaban J connectivity index is 0.00000441. The number of ketones is 1. The van der Waals surface area contributed by atoms with E-state index in [1.54, 1.807) is 19.1 Å². The van der Waals surface area contributed by atoms with Gasteiger partial charge >= 0.3 is 0 Å². The molecule has 1 atom stereocenters. The fraction of sp³-hybridized carbons (Fsp3) is 0.500. The van der Waals surface area contributed by atoms with E-state index in [0.29, 0.717) is 13.0 Å². The van der Waals surface area contributed by atoms with Crippen LogP contribution in [0.2, 0.25) is 0 Å². The van der Waals surface area contributed by atoms with Crippen molar-refractivity contribution in [2.45, 2.75) is 43.0 Å². The number of carbonyl (C=O) groups excluding carboxylic acids is 1. The van der Waals surface area contributed by atoms with Gasteiger partial charge in [0.1, 0.15) is 0 Å². The van der Waals surface area contributed by atoms with E-state index < -0.39 is 15.5 Å². The second kappa shape index (κ2) is 10.2. The smallest absolute Gasteiger partial charge is 0.242 e. The standard InChI is InChI=1S/C14H21ClN2O3S.ClH/c1-11-6-5-7-12(10-11)21(19,20)17-14(15)13(18)8-3-2-4-9-16;/h5-7,10,14,17H,2-4,8-9,16H2,1H3;1H. The molecule has 126 valence electrons. The number of sulfonamides is 1. The Bertz CT molecular complexity index is 579. The molecule has 0 saturated carbocycles. The Morgan fingerprint density at radius 3 is 2.59 bits per heavy atom. The van der Waals surface area contributed by atoms with E-state index in [0.717, 1.165) is 18.4 Å². The summed E-state index contributed by atoms with van der Waals surface area (Å²) in [5.74, 6) is -0.329. The van der Waals surface area contributed by atoms with Gasteiger partial charge in [0.05, 0.1) is 4.90 Å². The zero-order chi connectivity index (χ0) is 15.9. The molecule has 0 aliphatic carbocycles. The maximum atomic E-state index is 12.1. The lowest BCUT2D eigenvalue weighted by Gasteiger charge is -2.12. The van der Waals surface area contributed by atoms with Crippen molar-refractivity contribution in [1.82, 2.24) is 4.72 Å². The molecule has 1 aromatic rings. The van der Waals surface area contributed by atoms with Crippen LogP contribution in [-0.4, -0.2) is 26.2 Å². The number of rotatable bonds is 9. The first-order valence-corrected chi connectivity index (χ1v) is 8.74. The molecule has 3 N–H and O–H groups in total. The second-order valence-electron chi connectivity index (χ2n) is 4.87. The van der Waals surface area contributed by atoms with Crippen LogP contribution in [0.3, 0.4) is 0 Å². The fourth-order valence-electron chi connectivity index (χ4n) is 1.80. The molecule has 0 aromatic heterocycles. The lowest BCUT2D eigenvalue weighted by molar-refractivity contribution is -0.119. The fourth-order valence-corrected chi connectivity index (χ4v) is 3.40. The van der Waals surface area contributed by atoms with Gasteiger partial charge in [0, 0.05) is 6.42 Å². The van der Waals surface area contributed by atoms with Gasteiger partial charge in [-0.05, 0) is 44.0 Å². The third-order valence-electron chi connectivity index (χ3n) is 2.97. The molecule has 22 heavy (non-hydrogen) atoms. The van der Waals surface area contributed by atoms with Crippen molar-refractivity contribution in [3.05, 3.63) is 29.8 Å². The second-order valence-corrected chi connectivity index (χ2v) is 7.02. The molecule has 8 heteroatoms. The highest BCUT2D eigenvalue weighted by molar-refractivity contribution is 7.89. The van der Waals surface area contributed by atoms with E-state index in [1.807, 2.05) is 0 Å². The first-order valence-electron chi connectivity index (χ1n) is 6.82. The van der Waals surface area contributed by atoms with Crippen molar-refractivity contribution in [2.24, 2.45) is 5.73 Å². The van der Waals surface area contributed by atoms with Gasteiger partial charge < -0.3 is 5.73 Å². The Kier molecular flexibility index (Phi) is 9.87. The van der Waals surface area contributed by atoms with Crippen molar-refractivity contribution in [3.63, 3.8) is 0 Å². The van der Waals surface area contributed by atoms with Crippen LogP contribution >= 0.6 is 24.0 Å². The van der Waals surface area contributed by atoms with Gasteiger partial charge in [-0.3, -0.25) is 4.79 Å². The Hall–Kier alpha value is -0.660. The van der Waals surface area contributed by atoms with Crippen LogP contribution in [0.5, 0.6) is 0 Å². The summed E-state index contributed by atoms with van der Waals surface area (Å²) in [6.07, 6.45) is 2.57. The highest BCUT2D eigenvalue weighted by Gasteiger charge is 2.23. The predicted molar refractivity (Wildman–Crippen MR) is 90.9 cm³/mol. The molecule has 0 fully saturated rings. The third kappa shape index (κ3) is 7.07. The van der Waals surface area contributed by atoms with Crippen molar-refractivity contribution >= 4 is 39.8 Å². The van der Waals surface area contributed by atoms with Crippen LogP contribution in [0.4, 0.5) is 0 Å². The van der Waals surface area contributed by atoms with E-state index >= 15 is 0 Å². The van der Waals surface area contributed by atoms with Crippen LogP contribution in [-0.2, 0) is 14.8 Å². The Morgan fingerprint density at radius 1 is 1.32 bits per heavy atom. The zero-order valence-electron chi connectivity index (χ0n) is 12.4. The lowest BCUT2D eigenvalue weighted by Crippen LogP contribution is -2.36. The molecule has 0 amide bonds. The molecular formula is C14H22Cl2N2O3S. The highest BCUT2D eigenvalue weighted by Crippen LogP contribution is 2.13. The van der Waals surface area contributed by atoms with Crippen molar-refractivity contribution in [3.8, 4) is 0 Å². The molecule has 0 bridgehead atoms. The number of nitrogens with two attached hydrogens (primary N) is 1. The van der Waals surface area contributed by atoms with Gasteiger partial charge in [-0.2, -0.15) is 4.72 Å². The number of Topliss-reactive ketones (excluding diaryl/α,β-unsaturated/α-hetero) is 1. The first-order chi connectivity index (χ1) is 9.86. The number of aryl methyl sites for hydroxylation is 1. The minimum absolute atomic E-state index is 0. The highest BCUT2D eigenvalue weighted by atomic mass is 35.5. The predicted octanol–water partition coefficient (Wildman–Crippen LogP) is 2.35. The topological polar surface area (TPSA) is 89.3 Å². The van der Waals surface area contributed by atoms with Crippen molar-refractivity contribution in [2.75, 3.05) is 6.54 Å². The Labute approximate surface area is 143 Å². The number of alkyl halides is 1. The molecule has 1 aromatic carbocycles. The number of hydrogen-bond acceptors (Lipinski definition) is 4. The van der Waals surface area contributed by atoms with Gasteiger partial charge in [0.15, 0.2) is 11.3 Å². The SMILES string of the molecule is Cc1cccc(S(=O)(=O)NC(Cl)C(=O)CCCCCN)c1.Cl.